The van der Waals surface area contributed by atoms with Gasteiger partial charge < -0.3 is 4.74 Å². The molecule has 0 amide bonds. The molecule has 1 spiro atoms. The lowest BCUT2D eigenvalue weighted by Gasteiger charge is -2.44. The summed E-state index contributed by atoms with van der Waals surface area (Å²) >= 11 is 0. The minimum atomic E-state index is -0.222. The second-order valence-corrected chi connectivity index (χ2v) is 7.67. The molecule has 5 heteroatoms. The third-order valence-electron chi connectivity index (χ3n) is 6.00. The van der Waals surface area contributed by atoms with Crippen molar-refractivity contribution in [1.29, 1.82) is 0 Å². The fraction of sp³-hybridized carbons (Fsp3) is 0.409. The summed E-state index contributed by atoms with van der Waals surface area (Å²) in [6, 6.07) is 8.61. The number of hydrogen-bond acceptors (Lipinski definition) is 5. The van der Waals surface area contributed by atoms with Gasteiger partial charge in [0.2, 0.25) is 0 Å². The van der Waals surface area contributed by atoms with Crippen molar-refractivity contribution < 1.29 is 4.74 Å². The van der Waals surface area contributed by atoms with Gasteiger partial charge >= 0.3 is 0 Å². The van der Waals surface area contributed by atoms with Crippen molar-refractivity contribution >= 4 is 10.8 Å². The first-order chi connectivity index (χ1) is 13.2. The number of rotatable bonds is 2. The van der Waals surface area contributed by atoms with Gasteiger partial charge in [0.05, 0.1) is 12.3 Å². The lowest BCUT2D eigenvalue weighted by atomic mass is 9.83. The highest BCUT2D eigenvalue weighted by atomic mass is 16.5. The molecule has 0 unspecified atom stereocenters. The van der Waals surface area contributed by atoms with E-state index in [0.29, 0.717) is 0 Å². The molecule has 2 aliphatic rings. The molecule has 2 aliphatic heterocycles. The Hall–Kier alpha value is -2.37. The van der Waals surface area contributed by atoms with E-state index in [4.69, 9.17) is 9.72 Å². The first kappa shape index (κ1) is 16.8. The molecular formula is C22H24N4O. The zero-order valence-corrected chi connectivity index (χ0v) is 15.7. The Morgan fingerprint density at radius 1 is 1.15 bits per heavy atom. The molecule has 5 rings (SSSR count). The first-order valence-electron chi connectivity index (χ1n) is 9.74. The van der Waals surface area contributed by atoms with Gasteiger partial charge in [-0.1, -0.05) is 18.2 Å². The number of fused-ring (bicyclic) bond motifs is 3. The zero-order valence-electron chi connectivity index (χ0n) is 15.7. The highest BCUT2D eigenvalue weighted by Gasteiger charge is 2.42. The van der Waals surface area contributed by atoms with Crippen LogP contribution in [0.2, 0.25) is 0 Å². The number of hydrogen-bond donors (Lipinski definition) is 0. The molecule has 1 fully saturated rings. The summed E-state index contributed by atoms with van der Waals surface area (Å²) in [5.41, 5.74) is 3.55. The Morgan fingerprint density at radius 3 is 2.93 bits per heavy atom. The maximum atomic E-state index is 6.33. The molecule has 0 radical (unpaired) electrons. The van der Waals surface area contributed by atoms with Crippen molar-refractivity contribution in [2.45, 2.75) is 38.3 Å². The van der Waals surface area contributed by atoms with Crippen LogP contribution in [0, 0.1) is 6.92 Å². The maximum absolute atomic E-state index is 6.33. The van der Waals surface area contributed by atoms with Crippen LogP contribution < -0.4 is 0 Å². The number of piperidine rings is 1. The molecular weight excluding hydrogens is 336 g/mol. The quantitative estimate of drug-likeness (QED) is 0.701. The van der Waals surface area contributed by atoms with Crippen LogP contribution in [0.4, 0.5) is 0 Å². The second-order valence-electron chi connectivity index (χ2n) is 7.67. The number of aromatic nitrogens is 3. The van der Waals surface area contributed by atoms with Crippen molar-refractivity contribution in [3.05, 3.63) is 65.5 Å². The van der Waals surface area contributed by atoms with Crippen molar-refractivity contribution in [1.82, 2.24) is 19.9 Å². The smallest absolute Gasteiger partial charge is 0.125 e. The zero-order chi connectivity index (χ0) is 18.3. The second kappa shape index (κ2) is 6.66. The number of pyridine rings is 1. The van der Waals surface area contributed by atoms with E-state index in [-0.39, 0.29) is 5.60 Å². The maximum Gasteiger partial charge on any atom is 0.125 e. The van der Waals surface area contributed by atoms with Crippen LogP contribution >= 0.6 is 0 Å². The minimum absolute atomic E-state index is 0.222. The molecule has 138 valence electrons. The molecule has 1 saturated heterocycles. The van der Waals surface area contributed by atoms with Crippen LogP contribution in [0.5, 0.6) is 0 Å². The predicted octanol–water partition coefficient (Wildman–Crippen LogP) is 3.40. The van der Waals surface area contributed by atoms with Gasteiger partial charge in [0.15, 0.2) is 0 Å². The summed E-state index contributed by atoms with van der Waals surface area (Å²) in [4.78, 5) is 15.9. The van der Waals surface area contributed by atoms with Gasteiger partial charge in [0, 0.05) is 43.6 Å². The molecule has 0 N–H and O–H groups in total. The van der Waals surface area contributed by atoms with E-state index in [1.54, 1.807) is 0 Å². The average Bonchev–Trinajstić information content (AvgIpc) is 2.71. The summed E-state index contributed by atoms with van der Waals surface area (Å²) in [6.07, 6.45) is 8.72. The summed E-state index contributed by atoms with van der Waals surface area (Å²) in [7, 11) is 0. The van der Waals surface area contributed by atoms with Crippen molar-refractivity contribution in [3.8, 4) is 0 Å². The van der Waals surface area contributed by atoms with E-state index in [2.05, 4.69) is 39.1 Å². The Bertz CT molecular complexity index is 974. The molecule has 27 heavy (non-hydrogen) atoms. The number of aryl methyl sites for hydroxylation is 1. The summed E-state index contributed by atoms with van der Waals surface area (Å²) in [6.45, 7) is 5.74. The molecule has 0 atom stereocenters. The summed E-state index contributed by atoms with van der Waals surface area (Å²) in [5.74, 6) is 0.838. The molecule has 3 aromatic rings. The van der Waals surface area contributed by atoms with E-state index in [9.17, 15) is 0 Å². The van der Waals surface area contributed by atoms with E-state index in [0.717, 1.165) is 57.0 Å². The van der Waals surface area contributed by atoms with Gasteiger partial charge in [-0.15, -0.1) is 0 Å². The fourth-order valence-electron chi connectivity index (χ4n) is 4.52. The minimum Gasteiger partial charge on any atom is -0.368 e. The van der Waals surface area contributed by atoms with Crippen LogP contribution in [0.3, 0.4) is 0 Å². The van der Waals surface area contributed by atoms with Gasteiger partial charge in [-0.25, -0.2) is 9.97 Å². The lowest BCUT2D eigenvalue weighted by molar-refractivity contribution is -0.102. The number of likely N-dealkylation sites (tertiary alicyclic amines) is 1. The Morgan fingerprint density at radius 2 is 2.04 bits per heavy atom. The third kappa shape index (κ3) is 3.01. The van der Waals surface area contributed by atoms with Crippen molar-refractivity contribution in [2.24, 2.45) is 0 Å². The molecule has 0 bridgehead atoms. The summed E-state index contributed by atoms with van der Waals surface area (Å²) in [5, 5.41) is 2.51. The van der Waals surface area contributed by atoms with Gasteiger partial charge in [-0.3, -0.25) is 9.88 Å². The molecule has 1 aromatic carbocycles. The molecule has 5 nitrogen and oxygen atoms in total. The van der Waals surface area contributed by atoms with E-state index < -0.39 is 0 Å². The summed E-state index contributed by atoms with van der Waals surface area (Å²) < 4.78 is 6.33. The van der Waals surface area contributed by atoms with E-state index in [1.165, 1.54) is 21.9 Å². The topological polar surface area (TPSA) is 51.1 Å². The van der Waals surface area contributed by atoms with Gasteiger partial charge in [0.1, 0.15) is 11.4 Å². The number of nitrogens with zero attached hydrogens (tertiary/aromatic N) is 4. The fourth-order valence-corrected chi connectivity index (χ4v) is 4.52. The van der Waals surface area contributed by atoms with Gasteiger partial charge in [0.25, 0.3) is 0 Å². The number of benzene rings is 1. The van der Waals surface area contributed by atoms with Crippen LogP contribution in [0.1, 0.15) is 35.5 Å². The highest BCUT2D eigenvalue weighted by molar-refractivity contribution is 5.84. The Labute approximate surface area is 159 Å². The van der Waals surface area contributed by atoms with Gasteiger partial charge in [-0.2, -0.15) is 0 Å². The standard InChI is InChI=1S/C22H24N4O/c1-16-24-14-18-6-12-27-22(21(18)25-16)7-10-26(11-8-22)15-19-4-2-3-17-13-23-9-5-20(17)19/h2-5,9,13-14H,6-8,10-12,15H2,1H3. The Kier molecular flexibility index (Phi) is 4.14. The highest BCUT2D eigenvalue weighted by Crippen LogP contribution is 2.40. The molecule has 2 aromatic heterocycles. The van der Waals surface area contributed by atoms with Crippen LogP contribution in [-0.2, 0) is 23.3 Å². The lowest BCUT2D eigenvalue weighted by Crippen LogP contribution is -2.47. The van der Waals surface area contributed by atoms with Crippen molar-refractivity contribution in [2.75, 3.05) is 19.7 Å². The number of ether oxygens (including phenoxy) is 1. The van der Waals surface area contributed by atoms with Crippen molar-refractivity contribution in [3.63, 3.8) is 0 Å². The molecule has 4 heterocycles. The molecule has 0 saturated carbocycles. The van der Waals surface area contributed by atoms with Crippen LogP contribution in [0.25, 0.3) is 10.8 Å². The average molecular weight is 360 g/mol. The first-order valence-corrected chi connectivity index (χ1v) is 9.74. The predicted molar refractivity (Wildman–Crippen MR) is 104 cm³/mol. The third-order valence-corrected chi connectivity index (χ3v) is 6.00. The molecule has 0 aliphatic carbocycles. The largest absolute Gasteiger partial charge is 0.368 e. The van der Waals surface area contributed by atoms with E-state index in [1.807, 2.05) is 25.5 Å². The van der Waals surface area contributed by atoms with Crippen LogP contribution in [0.15, 0.2) is 42.9 Å². The normalized spacial score (nSPS) is 19.3. The van der Waals surface area contributed by atoms with Crippen LogP contribution in [-0.4, -0.2) is 39.5 Å². The Balaban J connectivity index is 1.36. The van der Waals surface area contributed by atoms with E-state index >= 15 is 0 Å². The monoisotopic (exact) mass is 360 g/mol. The SMILES string of the molecule is Cc1ncc2c(n1)C1(CCN(Cc3cccc4cnccc34)CC1)OCC2. The van der Waals surface area contributed by atoms with Gasteiger partial charge in [-0.05, 0) is 48.8 Å².